The zero-order chi connectivity index (χ0) is 11.4. The van der Waals surface area contributed by atoms with Gasteiger partial charge < -0.3 is 14.4 Å². The third-order valence-corrected chi connectivity index (χ3v) is 3.44. The van der Waals surface area contributed by atoms with Gasteiger partial charge >= 0.3 is 0 Å². The Kier molecular flexibility index (Phi) is 4.18. The van der Waals surface area contributed by atoms with Gasteiger partial charge in [0.2, 0.25) is 0 Å². The highest BCUT2D eigenvalue weighted by Gasteiger charge is 2.31. The second-order valence-electron chi connectivity index (χ2n) is 4.75. The van der Waals surface area contributed by atoms with Crippen molar-refractivity contribution in [3.63, 3.8) is 0 Å². The minimum Gasteiger partial charge on any atom is -0.384 e. The lowest BCUT2D eigenvalue weighted by Crippen LogP contribution is -2.45. The number of carbonyl (C=O) groups is 1. The third kappa shape index (κ3) is 2.74. The highest BCUT2D eigenvalue weighted by Crippen LogP contribution is 2.21. The first-order valence-corrected chi connectivity index (χ1v) is 6.20. The maximum absolute atomic E-state index is 12.1. The Hall–Kier alpha value is -0.610. The molecule has 2 heterocycles. The van der Waals surface area contributed by atoms with Gasteiger partial charge in [-0.25, -0.2) is 0 Å². The molecule has 2 aliphatic rings. The summed E-state index contributed by atoms with van der Waals surface area (Å²) >= 11 is 0. The number of ether oxygens (including phenoxy) is 2. The monoisotopic (exact) mass is 227 g/mol. The minimum absolute atomic E-state index is 0.165. The predicted octanol–water partition coefficient (Wildman–Crippen LogP) is 1.05. The van der Waals surface area contributed by atoms with E-state index in [0.29, 0.717) is 5.92 Å². The van der Waals surface area contributed by atoms with Crippen molar-refractivity contribution >= 4 is 5.91 Å². The van der Waals surface area contributed by atoms with Gasteiger partial charge in [0.1, 0.15) is 6.10 Å². The van der Waals surface area contributed by atoms with Crippen molar-refractivity contribution in [1.82, 2.24) is 4.90 Å². The van der Waals surface area contributed by atoms with E-state index in [1.54, 1.807) is 7.11 Å². The number of piperidine rings is 1. The van der Waals surface area contributed by atoms with E-state index in [-0.39, 0.29) is 12.0 Å². The van der Waals surface area contributed by atoms with E-state index in [0.717, 1.165) is 45.6 Å². The highest BCUT2D eigenvalue weighted by atomic mass is 16.5. The Morgan fingerprint density at radius 3 is 3.00 bits per heavy atom. The largest absolute Gasteiger partial charge is 0.384 e. The molecule has 2 atom stereocenters. The van der Waals surface area contributed by atoms with Crippen molar-refractivity contribution in [2.75, 3.05) is 33.4 Å². The normalized spacial score (nSPS) is 30.7. The Labute approximate surface area is 96.9 Å². The Morgan fingerprint density at radius 2 is 2.31 bits per heavy atom. The van der Waals surface area contributed by atoms with Crippen LogP contribution in [0.15, 0.2) is 0 Å². The molecule has 0 aromatic carbocycles. The molecular formula is C12H21NO3. The maximum Gasteiger partial charge on any atom is 0.251 e. The second kappa shape index (κ2) is 5.64. The van der Waals surface area contributed by atoms with Gasteiger partial charge in [0.15, 0.2) is 0 Å². The van der Waals surface area contributed by atoms with Gasteiger partial charge in [-0.15, -0.1) is 0 Å². The molecule has 0 saturated carbocycles. The zero-order valence-corrected chi connectivity index (χ0v) is 9.98. The van der Waals surface area contributed by atoms with Crippen molar-refractivity contribution in [3.05, 3.63) is 0 Å². The topological polar surface area (TPSA) is 38.8 Å². The Morgan fingerprint density at radius 1 is 1.44 bits per heavy atom. The molecule has 0 N–H and O–H groups in total. The summed E-state index contributed by atoms with van der Waals surface area (Å²) in [7, 11) is 1.72. The lowest BCUT2D eigenvalue weighted by Gasteiger charge is -2.33. The van der Waals surface area contributed by atoms with Gasteiger partial charge in [0, 0.05) is 26.8 Å². The van der Waals surface area contributed by atoms with Crippen molar-refractivity contribution in [2.24, 2.45) is 5.92 Å². The van der Waals surface area contributed by atoms with Gasteiger partial charge in [0.25, 0.3) is 5.91 Å². The summed E-state index contributed by atoms with van der Waals surface area (Å²) < 4.78 is 10.6. The molecule has 2 fully saturated rings. The maximum atomic E-state index is 12.1. The molecule has 2 saturated heterocycles. The number of carbonyl (C=O) groups excluding carboxylic acids is 1. The highest BCUT2D eigenvalue weighted by molar-refractivity contribution is 5.81. The molecule has 16 heavy (non-hydrogen) atoms. The van der Waals surface area contributed by atoms with Crippen LogP contribution in [0.5, 0.6) is 0 Å². The molecular weight excluding hydrogens is 206 g/mol. The molecule has 0 aromatic rings. The third-order valence-electron chi connectivity index (χ3n) is 3.44. The standard InChI is InChI=1S/C12H21NO3/c1-15-9-10-4-2-6-13(8-10)12(14)11-5-3-7-16-11/h10-11H,2-9H2,1H3. The fourth-order valence-electron chi connectivity index (χ4n) is 2.61. The number of hydrogen-bond acceptors (Lipinski definition) is 3. The summed E-state index contributed by atoms with van der Waals surface area (Å²) in [5, 5.41) is 0. The van der Waals surface area contributed by atoms with Gasteiger partial charge in [-0.1, -0.05) is 0 Å². The Bertz CT molecular complexity index is 236. The average molecular weight is 227 g/mol. The van der Waals surface area contributed by atoms with E-state index in [4.69, 9.17) is 9.47 Å². The summed E-state index contributed by atoms with van der Waals surface area (Å²) in [6, 6.07) is 0. The van der Waals surface area contributed by atoms with Crippen molar-refractivity contribution in [1.29, 1.82) is 0 Å². The van der Waals surface area contributed by atoms with Crippen LogP contribution in [0.1, 0.15) is 25.7 Å². The van der Waals surface area contributed by atoms with Crippen LogP contribution < -0.4 is 0 Å². The lowest BCUT2D eigenvalue weighted by molar-refractivity contribution is -0.143. The molecule has 4 heteroatoms. The first-order valence-electron chi connectivity index (χ1n) is 6.20. The molecule has 2 aliphatic heterocycles. The van der Waals surface area contributed by atoms with E-state index >= 15 is 0 Å². The molecule has 2 unspecified atom stereocenters. The predicted molar refractivity (Wildman–Crippen MR) is 60.2 cm³/mol. The zero-order valence-electron chi connectivity index (χ0n) is 9.98. The fraction of sp³-hybridized carbons (Fsp3) is 0.917. The quantitative estimate of drug-likeness (QED) is 0.723. The van der Waals surface area contributed by atoms with Crippen LogP contribution >= 0.6 is 0 Å². The van der Waals surface area contributed by atoms with Gasteiger partial charge in [-0.2, -0.15) is 0 Å². The van der Waals surface area contributed by atoms with Crippen molar-refractivity contribution < 1.29 is 14.3 Å². The number of likely N-dealkylation sites (tertiary alicyclic amines) is 1. The molecule has 2 rings (SSSR count). The van der Waals surface area contributed by atoms with Crippen LogP contribution in [0.2, 0.25) is 0 Å². The smallest absolute Gasteiger partial charge is 0.251 e. The molecule has 0 radical (unpaired) electrons. The van der Waals surface area contributed by atoms with Gasteiger partial charge in [0.05, 0.1) is 6.61 Å². The first-order chi connectivity index (χ1) is 7.81. The molecule has 4 nitrogen and oxygen atoms in total. The summed E-state index contributed by atoms with van der Waals surface area (Å²) in [6.45, 7) is 3.23. The molecule has 0 spiro atoms. The van der Waals surface area contributed by atoms with Crippen LogP contribution in [0, 0.1) is 5.92 Å². The van der Waals surface area contributed by atoms with Crippen molar-refractivity contribution in [3.8, 4) is 0 Å². The van der Waals surface area contributed by atoms with Crippen LogP contribution in [0.4, 0.5) is 0 Å². The average Bonchev–Trinajstić information content (AvgIpc) is 2.82. The summed E-state index contributed by atoms with van der Waals surface area (Å²) in [6.07, 6.45) is 4.01. The van der Waals surface area contributed by atoms with Crippen LogP contribution in [0.25, 0.3) is 0 Å². The summed E-state index contributed by atoms with van der Waals surface area (Å²) in [5.41, 5.74) is 0. The molecule has 0 aromatic heterocycles. The second-order valence-corrected chi connectivity index (χ2v) is 4.75. The number of nitrogens with zero attached hydrogens (tertiary/aromatic N) is 1. The van der Waals surface area contributed by atoms with E-state index in [2.05, 4.69) is 0 Å². The van der Waals surface area contributed by atoms with E-state index in [1.807, 2.05) is 4.90 Å². The molecule has 0 aliphatic carbocycles. The number of rotatable bonds is 3. The number of methoxy groups -OCH3 is 1. The SMILES string of the molecule is COCC1CCCN(C(=O)C2CCCO2)C1. The van der Waals surface area contributed by atoms with Crippen molar-refractivity contribution in [2.45, 2.75) is 31.8 Å². The van der Waals surface area contributed by atoms with Crippen LogP contribution in [-0.4, -0.2) is 50.3 Å². The van der Waals surface area contributed by atoms with Crippen LogP contribution in [-0.2, 0) is 14.3 Å². The van der Waals surface area contributed by atoms with E-state index in [9.17, 15) is 4.79 Å². The van der Waals surface area contributed by atoms with Gasteiger partial charge in [-0.3, -0.25) is 4.79 Å². The minimum atomic E-state index is -0.165. The lowest BCUT2D eigenvalue weighted by atomic mass is 9.98. The van der Waals surface area contributed by atoms with E-state index < -0.39 is 0 Å². The van der Waals surface area contributed by atoms with Gasteiger partial charge in [-0.05, 0) is 31.6 Å². The summed E-state index contributed by atoms with van der Waals surface area (Å²) in [5.74, 6) is 0.697. The first kappa shape index (κ1) is 11.9. The number of amides is 1. The fourth-order valence-corrected chi connectivity index (χ4v) is 2.61. The molecule has 92 valence electrons. The van der Waals surface area contributed by atoms with E-state index in [1.165, 1.54) is 6.42 Å². The Balaban J connectivity index is 1.85. The number of hydrogen-bond donors (Lipinski definition) is 0. The van der Waals surface area contributed by atoms with Crippen LogP contribution in [0.3, 0.4) is 0 Å². The molecule has 0 bridgehead atoms. The molecule has 1 amide bonds. The summed E-state index contributed by atoms with van der Waals surface area (Å²) in [4.78, 5) is 14.1.